The van der Waals surface area contributed by atoms with Gasteiger partial charge < -0.3 is 9.88 Å². The van der Waals surface area contributed by atoms with Crippen LogP contribution in [0.4, 0.5) is 0 Å². The second-order valence-electron chi connectivity index (χ2n) is 4.26. The number of pyridine rings is 1. The number of thiophene rings is 1. The fraction of sp³-hybridized carbons (Fsp3) is 0.231. The van der Waals surface area contributed by atoms with Crippen LogP contribution in [-0.2, 0) is 6.54 Å². The summed E-state index contributed by atoms with van der Waals surface area (Å²) in [5.41, 5.74) is 1.64. The maximum absolute atomic E-state index is 12.2. The van der Waals surface area contributed by atoms with E-state index in [1.165, 1.54) is 11.1 Å². The first-order chi connectivity index (χ1) is 9.00. The van der Waals surface area contributed by atoms with Crippen molar-refractivity contribution in [1.82, 2.24) is 9.88 Å². The molecule has 2 aromatic rings. The number of nitrogens with zero attached hydrogens (tertiary/aromatic N) is 1. The molecule has 0 aliphatic heterocycles. The lowest BCUT2D eigenvalue weighted by Crippen LogP contribution is -2.31. The molecule has 100 valence electrons. The van der Waals surface area contributed by atoms with Crippen molar-refractivity contribution in [2.24, 2.45) is 0 Å². The highest BCUT2D eigenvalue weighted by Crippen LogP contribution is 2.12. The molecule has 6 heteroatoms. The van der Waals surface area contributed by atoms with Crippen molar-refractivity contribution in [2.45, 2.75) is 13.5 Å². The van der Waals surface area contributed by atoms with Crippen LogP contribution in [0.2, 0.25) is 0 Å². The summed E-state index contributed by atoms with van der Waals surface area (Å²) in [5, 5.41) is 3.95. The molecule has 0 saturated heterocycles. The van der Waals surface area contributed by atoms with Gasteiger partial charge in [-0.05, 0) is 45.2 Å². The summed E-state index contributed by atoms with van der Waals surface area (Å²) >= 11 is 4.78. The van der Waals surface area contributed by atoms with E-state index in [4.69, 9.17) is 0 Å². The summed E-state index contributed by atoms with van der Waals surface area (Å²) in [6, 6.07) is 1.96. The summed E-state index contributed by atoms with van der Waals surface area (Å²) in [4.78, 5) is 28.7. The van der Waals surface area contributed by atoms with E-state index in [2.05, 4.69) is 20.9 Å². The molecule has 0 unspecified atom stereocenters. The lowest BCUT2D eigenvalue weighted by Gasteiger charge is -2.16. The van der Waals surface area contributed by atoms with Gasteiger partial charge in [-0.25, -0.2) is 0 Å². The third-order valence-electron chi connectivity index (χ3n) is 2.78. The Labute approximate surface area is 123 Å². The van der Waals surface area contributed by atoms with E-state index < -0.39 is 0 Å². The number of rotatable bonds is 3. The Kier molecular flexibility index (Phi) is 4.21. The molecule has 1 N–H and O–H groups in total. The van der Waals surface area contributed by atoms with Crippen LogP contribution >= 0.6 is 27.3 Å². The maximum Gasteiger partial charge on any atom is 0.259 e. The summed E-state index contributed by atoms with van der Waals surface area (Å²) in [7, 11) is 1.69. The zero-order valence-electron chi connectivity index (χ0n) is 10.6. The van der Waals surface area contributed by atoms with Crippen molar-refractivity contribution in [3.05, 3.63) is 54.5 Å². The van der Waals surface area contributed by atoms with Crippen LogP contribution in [0.15, 0.2) is 32.3 Å². The fourth-order valence-corrected chi connectivity index (χ4v) is 2.68. The normalized spacial score (nSPS) is 10.5. The van der Waals surface area contributed by atoms with Crippen LogP contribution in [0, 0.1) is 6.92 Å². The number of halogens is 1. The minimum Gasteiger partial charge on any atom is -0.363 e. The molecule has 19 heavy (non-hydrogen) atoms. The molecule has 0 spiro atoms. The van der Waals surface area contributed by atoms with Gasteiger partial charge in [0.1, 0.15) is 5.56 Å². The molecule has 0 radical (unpaired) electrons. The average Bonchev–Trinajstić information content (AvgIpc) is 2.88. The molecule has 2 rings (SSSR count). The van der Waals surface area contributed by atoms with Crippen LogP contribution < -0.4 is 5.43 Å². The van der Waals surface area contributed by atoms with Crippen molar-refractivity contribution in [3.63, 3.8) is 0 Å². The SMILES string of the molecule is Cc1[nH]cc(C(=O)N(C)Cc2ccsc2)c(=O)c1Br. The molecule has 0 atom stereocenters. The first-order valence-electron chi connectivity index (χ1n) is 5.65. The first-order valence-corrected chi connectivity index (χ1v) is 7.38. The number of H-pyrrole nitrogens is 1. The first kappa shape index (κ1) is 14.0. The molecule has 4 nitrogen and oxygen atoms in total. The highest BCUT2D eigenvalue weighted by molar-refractivity contribution is 9.10. The minimum absolute atomic E-state index is 0.148. The van der Waals surface area contributed by atoms with Crippen molar-refractivity contribution in [1.29, 1.82) is 0 Å². The lowest BCUT2D eigenvalue weighted by atomic mass is 10.2. The second kappa shape index (κ2) is 5.71. The van der Waals surface area contributed by atoms with Gasteiger partial charge in [-0.15, -0.1) is 0 Å². The Balaban J connectivity index is 2.25. The monoisotopic (exact) mass is 340 g/mol. The molecule has 0 bridgehead atoms. The number of carbonyl (C=O) groups excluding carboxylic acids is 1. The Hall–Kier alpha value is -1.40. The molecule has 2 heterocycles. The van der Waals surface area contributed by atoms with Gasteiger partial charge in [0.05, 0.1) is 4.47 Å². The van der Waals surface area contributed by atoms with Crippen molar-refractivity contribution in [3.8, 4) is 0 Å². The lowest BCUT2D eigenvalue weighted by molar-refractivity contribution is 0.0783. The topological polar surface area (TPSA) is 53.2 Å². The predicted octanol–water partition coefficient (Wildman–Crippen LogP) is 2.78. The van der Waals surface area contributed by atoms with Gasteiger partial charge in [-0.3, -0.25) is 9.59 Å². The van der Waals surface area contributed by atoms with Gasteiger partial charge in [0.2, 0.25) is 5.43 Å². The number of amides is 1. The smallest absolute Gasteiger partial charge is 0.259 e. The highest BCUT2D eigenvalue weighted by atomic mass is 79.9. The van der Waals surface area contributed by atoms with E-state index >= 15 is 0 Å². The van der Waals surface area contributed by atoms with E-state index in [-0.39, 0.29) is 16.9 Å². The molecule has 0 fully saturated rings. The molecule has 1 amide bonds. The standard InChI is InChI=1S/C13H13BrN2O2S/c1-8-11(14)12(17)10(5-15-8)13(18)16(2)6-9-3-4-19-7-9/h3-5,7H,6H2,1-2H3,(H,15,17). The molecular formula is C13H13BrN2O2S. The van der Waals surface area contributed by atoms with Crippen molar-refractivity contribution >= 4 is 33.2 Å². The van der Waals surface area contributed by atoms with Gasteiger partial charge in [0.25, 0.3) is 5.91 Å². The van der Waals surface area contributed by atoms with E-state index in [1.54, 1.807) is 25.3 Å². The third kappa shape index (κ3) is 2.96. The molecule has 0 aliphatic rings. The number of hydrogen-bond acceptors (Lipinski definition) is 3. The van der Waals surface area contributed by atoms with Crippen molar-refractivity contribution < 1.29 is 4.79 Å². The molecule has 2 aromatic heterocycles. The van der Waals surface area contributed by atoms with Gasteiger partial charge in [0.15, 0.2) is 0 Å². The number of carbonyl (C=O) groups is 1. The van der Waals surface area contributed by atoms with Gasteiger partial charge in [-0.2, -0.15) is 11.3 Å². The minimum atomic E-state index is -0.284. The molecule has 0 aromatic carbocycles. The summed E-state index contributed by atoms with van der Waals surface area (Å²) < 4.78 is 0.405. The van der Waals surface area contributed by atoms with Crippen molar-refractivity contribution in [2.75, 3.05) is 7.05 Å². The predicted molar refractivity (Wildman–Crippen MR) is 79.6 cm³/mol. The van der Waals surface area contributed by atoms with E-state index in [9.17, 15) is 9.59 Å². The Morgan fingerprint density at radius 3 is 2.89 bits per heavy atom. The van der Waals surface area contributed by atoms with E-state index in [0.29, 0.717) is 16.7 Å². The largest absolute Gasteiger partial charge is 0.363 e. The van der Waals surface area contributed by atoms with E-state index in [0.717, 1.165) is 5.56 Å². The quantitative estimate of drug-likeness (QED) is 0.933. The van der Waals surface area contributed by atoms with Crippen LogP contribution in [0.5, 0.6) is 0 Å². The highest BCUT2D eigenvalue weighted by Gasteiger charge is 2.18. The molecule has 0 saturated carbocycles. The number of aromatic nitrogens is 1. The number of aryl methyl sites for hydroxylation is 1. The maximum atomic E-state index is 12.2. The van der Waals surface area contributed by atoms with Crippen LogP contribution in [-0.4, -0.2) is 22.8 Å². The Bertz CT molecular complexity index is 649. The van der Waals surface area contributed by atoms with Gasteiger partial charge >= 0.3 is 0 Å². The summed E-state index contributed by atoms with van der Waals surface area (Å²) in [5.74, 6) is -0.284. The van der Waals surface area contributed by atoms with Crippen LogP contribution in [0.1, 0.15) is 21.6 Å². The molecular weight excluding hydrogens is 328 g/mol. The Morgan fingerprint density at radius 2 is 2.26 bits per heavy atom. The van der Waals surface area contributed by atoms with Gasteiger partial charge in [-0.1, -0.05) is 0 Å². The van der Waals surface area contributed by atoms with E-state index in [1.807, 2.05) is 16.8 Å². The van der Waals surface area contributed by atoms with Gasteiger partial charge in [0, 0.05) is 25.5 Å². The van der Waals surface area contributed by atoms with Crippen LogP contribution in [0.3, 0.4) is 0 Å². The average molecular weight is 341 g/mol. The number of aromatic amines is 1. The second-order valence-corrected chi connectivity index (χ2v) is 5.84. The Morgan fingerprint density at radius 1 is 1.53 bits per heavy atom. The zero-order valence-corrected chi connectivity index (χ0v) is 13.0. The summed E-state index contributed by atoms with van der Waals surface area (Å²) in [6.07, 6.45) is 1.47. The molecule has 0 aliphatic carbocycles. The number of hydrogen-bond donors (Lipinski definition) is 1. The zero-order chi connectivity index (χ0) is 14.0. The fourth-order valence-electron chi connectivity index (χ4n) is 1.69. The number of nitrogens with one attached hydrogen (secondary N) is 1. The third-order valence-corrected chi connectivity index (χ3v) is 4.47. The van der Waals surface area contributed by atoms with Crippen LogP contribution in [0.25, 0.3) is 0 Å². The summed E-state index contributed by atoms with van der Waals surface area (Å²) in [6.45, 7) is 2.27.